The highest BCUT2D eigenvalue weighted by atomic mass is 35.5. The molecule has 4 nitrogen and oxygen atoms in total. The lowest BCUT2D eigenvalue weighted by molar-refractivity contribution is 0.0943. The molecule has 18 heavy (non-hydrogen) atoms. The van der Waals surface area contributed by atoms with Gasteiger partial charge in [0.2, 0.25) is 0 Å². The van der Waals surface area contributed by atoms with Crippen molar-refractivity contribution in [3.63, 3.8) is 0 Å². The van der Waals surface area contributed by atoms with Crippen molar-refractivity contribution < 1.29 is 4.79 Å². The fourth-order valence-electron chi connectivity index (χ4n) is 2.01. The van der Waals surface area contributed by atoms with Crippen molar-refractivity contribution >= 4 is 17.5 Å². The van der Waals surface area contributed by atoms with E-state index < -0.39 is 0 Å². The minimum Gasteiger partial charge on any atom is -0.364 e. The van der Waals surface area contributed by atoms with E-state index in [0.717, 1.165) is 25.0 Å². The highest BCUT2D eigenvalue weighted by Crippen LogP contribution is 2.48. The van der Waals surface area contributed by atoms with Gasteiger partial charge in [0.1, 0.15) is 5.56 Å². The van der Waals surface area contributed by atoms with Crippen LogP contribution in [0.3, 0.4) is 0 Å². The Hall–Kier alpha value is -1.29. The summed E-state index contributed by atoms with van der Waals surface area (Å²) in [5, 5.41) is 2.83. The van der Waals surface area contributed by atoms with Crippen molar-refractivity contribution in [2.45, 2.75) is 26.2 Å². The summed E-state index contributed by atoms with van der Waals surface area (Å²) >= 11 is 5.73. The number of H-pyrrole nitrogens is 1. The summed E-state index contributed by atoms with van der Waals surface area (Å²) in [6.07, 6.45) is 4.59. The summed E-state index contributed by atoms with van der Waals surface area (Å²) in [4.78, 5) is 26.4. The molecule has 0 saturated heterocycles. The molecule has 1 aromatic rings. The van der Waals surface area contributed by atoms with Gasteiger partial charge in [0.15, 0.2) is 5.43 Å². The molecular formula is C13H17ClN2O2. The van der Waals surface area contributed by atoms with E-state index in [1.807, 2.05) is 0 Å². The third kappa shape index (κ3) is 2.93. The van der Waals surface area contributed by atoms with Crippen LogP contribution >= 0.6 is 11.6 Å². The molecule has 1 saturated carbocycles. The number of carbonyl (C=O) groups excluding carboxylic acids is 1. The topological polar surface area (TPSA) is 62.0 Å². The zero-order valence-electron chi connectivity index (χ0n) is 10.4. The fourth-order valence-corrected chi connectivity index (χ4v) is 2.41. The van der Waals surface area contributed by atoms with Crippen LogP contribution in [0.2, 0.25) is 0 Å². The third-order valence-electron chi connectivity index (χ3n) is 3.51. The van der Waals surface area contributed by atoms with Crippen LogP contribution in [0, 0.1) is 12.3 Å². The van der Waals surface area contributed by atoms with Crippen molar-refractivity contribution in [2.24, 2.45) is 5.41 Å². The van der Waals surface area contributed by atoms with Gasteiger partial charge in [-0.15, -0.1) is 11.6 Å². The predicted octanol–water partition coefficient (Wildman–Crippen LogP) is 1.82. The molecule has 1 heterocycles. The lowest BCUT2D eigenvalue weighted by Crippen LogP contribution is -2.33. The lowest BCUT2D eigenvalue weighted by Gasteiger charge is -2.14. The van der Waals surface area contributed by atoms with Gasteiger partial charge in [0, 0.05) is 30.4 Å². The number of hydrogen-bond donors (Lipinski definition) is 2. The summed E-state index contributed by atoms with van der Waals surface area (Å²) in [5.74, 6) is 0.304. The van der Waals surface area contributed by atoms with Crippen LogP contribution in [0.5, 0.6) is 0 Å². The van der Waals surface area contributed by atoms with Gasteiger partial charge < -0.3 is 10.3 Å². The van der Waals surface area contributed by atoms with Crippen molar-refractivity contribution in [2.75, 3.05) is 12.4 Å². The number of aromatic nitrogens is 1. The minimum absolute atomic E-state index is 0.169. The smallest absolute Gasteiger partial charge is 0.256 e. The number of aryl methyl sites for hydroxylation is 1. The van der Waals surface area contributed by atoms with Crippen molar-refractivity contribution in [1.29, 1.82) is 0 Å². The van der Waals surface area contributed by atoms with E-state index >= 15 is 0 Å². The van der Waals surface area contributed by atoms with E-state index in [1.54, 1.807) is 6.92 Å². The molecule has 0 atom stereocenters. The van der Waals surface area contributed by atoms with E-state index in [2.05, 4.69) is 10.3 Å². The number of hydrogen-bond acceptors (Lipinski definition) is 2. The van der Waals surface area contributed by atoms with E-state index in [0.29, 0.717) is 12.4 Å². The second-order valence-corrected chi connectivity index (χ2v) is 5.39. The van der Waals surface area contributed by atoms with Crippen LogP contribution in [0.1, 0.15) is 35.3 Å². The zero-order valence-corrected chi connectivity index (χ0v) is 11.1. The molecule has 0 unspecified atom stereocenters. The standard InChI is InChI=1S/C13H17ClN2O2/c1-9-6-11(17)10(7-15-9)12(18)16-8-13(2-3-13)4-5-14/h6-7H,2-5,8H2,1H3,(H,15,17)(H,16,18). The van der Waals surface area contributed by atoms with E-state index in [-0.39, 0.29) is 22.3 Å². The summed E-state index contributed by atoms with van der Waals surface area (Å²) in [7, 11) is 0. The average molecular weight is 269 g/mol. The molecule has 0 spiro atoms. The second kappa shape index (κ2) is 5.14. The average Bonchev–Trinajstić information content (AvgIpc) is 3.07. The number of nitrogens with one attached hydrogen (secondary N) is 2. The number of rotatable bonds is 5. The first-order valence-electron chi connectivity index (χ1n) is 6.10. The largest absolute Gasteiger partial charge is 0.364 e. The van der Waals surface area contributed by atoms with Crippen LogP contribution in [-0.4, -0.2) is 23.3 Å². The Bertz CT molecular complexity index is 506. The normalized spacial score (nSPS) is 16.3. The first-order valence-corrected chi connectivity index (χ1v) is 6.63. The van der Waals surface area contributed by atoms with E-state index in [4.69, 9.17) is 11.6 Å². The number of aromatic amines is 1. The maximum atomic E-state index is 11.9. The maximum Gasteiger partial charge on any atom is 0.256 e. The lowest BCUT2D eigenvalue weighted by atomic mass is 10.0. The third-order valence-corrected chi connectivity index (χ3v) is 3.70. The Morgan fingerprint density at radius 2 is 2.28 bits per heavy atom. The number of carbonyl (C=O) groups is 1. The van der Waals surface area contributed by atoms with Crippen LogP contribution in [0.4, 0.5) is 0 Å². The molecule has 1 aliphatic rings. The molecule has 2 rings (SSSR count). The van der Waals surface area contributed by atoms with E-state index in [1.165, 1.54) is 12.3 Å². The highest BCUT2D eigenvalue weighted by Gasteiger charge is 2.41. The van der Waals surface area contributed by atoms with Gasteiger partial charge in [-0.25, -0.2) is 0 Å². The molecule has 0 aliphatic heterocycles. The van der Waals surface area contributed by atoms with Crippen molar-refractivity contribution in [3.05, 3.63) is 33.7 Å². The Labute approximate surface area is 111 Å². The van der Waals surface area contributed by atoms with Crippen LogP contribution in [0.15, 0.2) is 17.1 Å². The molecule has 5 heteroatoms. The van der Waals surface area contributed by atoms with Crippen molar-refractivity contribution in [1.82, 2.24) is 10.3 Å². The maximum absolute atomic E-state index is 11.9. The van der Waals surface area contributed by atoms with Gasteiger partial charge in [-0.2, -0.15) is 0 Å². The molecule has 0 radical (unpaired) electrons. The summed E-state index contributed by atoms with van der Waals surface area (Å²) in [6, 6.07) is 1.43. The molecular weight excluding hydrogens is 252 g/mol. The van der Waals surface area contributed by atoms with Gasteiger partial charge in [-0.3, -0.25) is 9.59 Å². The van der Waals surface area contributed by atoms with Gasteiger partial charge >= 0.3 is 0 Å². The van der Waals surface area contributed by atoms with Gasteiger partial charge in [-0.1, -0.05) is 0 Å². The SMILES string of the molecule is Cc1cc(=O)c(C(=O)NCC2(CCCl)CC2)c[nH]1. The Kier molecular flexibility index (Phi) is 3.76. The minimum atomic E-state index is -0.308. The molecule has 0 aromatic carbocycles. The molecule has 1 aliphatic carbocycles. The monoisotopic (exact) mass is 268 g/mol. The Balaban J connectivity index is 1.98. The number of alkyl halides is 1. The Morgan fingerprint density at radius 1 is 1.56 bits per heavy atom. The summed E-state index contributed by atoms with van der Waals surface area (Å²) < 4.78 is 0. The van der Waals surface area contributed by atoms with E-state index in [9.17, 15) is 9.59 Å². The molecule has 0 bridgehead atoms. The first-order chi connectivity index (χ1) is 8.56. The van der Waals surface area contributed by atoms with Crippen molar-refractivity contribution in [3.8, 4) is 0 Å². The first kappa shape index (κ1) is 13.1. The van der Waals surface area contributed by atoms with Gasteiger partial charge in [0.25, 0.3) is 5.91 Å². The van der Waals surface area contributed by atoms with Crippen LogP contribution < -0.4 is 10.7 Å². The van der Waals surface area contributed by atoms with Gasteiger partial charge in [0.05, 0.1) is 0 Å². The fraction of sp³-hybridized carbons (Fsp3) is 0.538. The Morgan fingerprint density at radius 3 is 2.83 bits per heavy atom. The summed E-state index contributed by atoms with van der Waals surface area (Å²) in [5.41, 5.74) is 0.847. The molecule has 1 amide bonds. The summed E-state index contributed by atoms with van der Waals surface area (Å²) in [6.45, 7) is 2.38. The second-order valence-electron chi connectivity index (χ2n) is 5.02. The molecule has 98 valence electrons. The van der Waals surface area contributed by atoms with Gasteiger partial charge in [-0.05, 0) is 31.6 Å². The van der Waals surface area contributed by atoms with Crippen LogP contribution in [-0.2, 0) is 0 Å². The number of amides is 1. The molecule has 1 aromatic heterocycles. The molecule has 1 fully saturated rings. The number of halogens is 1. The highest BCUT2D eigenvalue weighted by molar-refractivity contribution is 6.17. The predicted molar refractivity (Wildman–Crippen MR) is 71.1 cm³/mol. The van der Waals surface area contributed by atoms with Crippen LogP contribution in [0.25, 0.3) is 0 Å². The molecule has 2 N–H and O–H groups in total. The number of pyridine rings is 1. The quantitative estimate of drug-likeness (QED) is 0.800. The zero-order chi connectivity index (χ0) is 13.2.